The summed E-state index contributed by atoms with van der Waals surface area (Å²) in [5, 5.41) is 12.3. The summed E-state index contributed by atoms with van der Waals surface area (Å²) in [6.45, 7) is 6.03. The predicted molar refractivity (Wildman–Crippen MR) is 66.1 cm³/mol. The summed E-state index contributed by atoms with van der Waals surface area (Å²) >= 11 is 0. The number of carboxylic acids is 1. The second-order valence-electron chi connectivity index (χ2n) is 5.34. The average Bonchev–Trinajstić information content (AvgIpc) is 2.81. The highest BCUT2D eigenvalue weighted by Crippen LogP contribution is 2.20. The van der Waals surface area contributed by atoms with Crippen LogP contribution in [0.25, 0.3) is 0 Å². The molecule has 1 aliphatic heterocycles. The van der Waals surface area contributed by atoms with Crippen LogP contribution < -0.4 is 0 Å². The van der Waals surface area contributed by atoms with Gasteiger partial charge in [0.15, 0.2) is 5.69 Å². The molecule has 2 heterocycles. The Labute approximate surface area is 110 Å². The van der Waals surface area contributed by atoms with Gasteiger partial charge >= 0.3 is 5.97 Å². The molecular weight excluding hydrogens is 250 g/mol. The lowest BCUT2D eigenvalue weighted by molar-refractivity contribution is 0.0304. The number of piperazine rings is 1. The van der Waals surface area contributed by atoms with Crippen molar-refractivity contribution in [1.29, 1.82) is 0 Å². The van der Waals surface area contributed by atoms with Crippen LogP contribution in [-0.2, 0) is 0 Å². The Bertz CT molecular complexity index is 509. The molecule has 0 atom stereocenters. The first-order chi connectivity index (χ1) is 8.81. The molecule has 1 aromatic heterocycles. The van der Waals surface area contributed by atoms with Gasteiger partial charge in [0.1, 0.15) is 0 Å². The first-order valence-corrected chi connectivity index (χ1v) is 6.02. The van der Waals surface area contributed by atoms with Crippen molar-refractivity contribution in [3.05, 3.63) is 17.5 Å². The van der Waals surface area contributed by atoms with Gasteiger partial charge in [0.05, 0.1) is 0 Å². The van der Waals surface area contributed by atoms with Gasteiger partial charge in [-0.25, -0.2) is 4.79 Å². The molecule has 7 nitrogen and oxygen atoms in total. The Morgan fingerprint density at radius 3 is 2.63 bits per heavy atom. The fourth-order valence-electron chi connectivity index (χ4n) is 2.05. The van der Waals surface area contributed by atoms with Crippen LogP contribution in [0.1, 0.15) is 34.9 Å². The molecule has 7 heteroatoms. The van der Waals surface area contributed by atoms with Crippen molar-refractivity contribution in [3.8, 4) is 0 Å². The van der Waals surface area contributed by atoms with Crippen LogP contribution in [0.3, 0.4) is 0 Å². The van der Waals surface area contributed by atoms with Crippen molar-refractivity contribution >= 4 is 11.9 Å². The Morgan fingerprint density at radius 2 is 2.11 bits per heavy atom. The maximum absolute atomic E-state index is 12.2. The van der Waals surface area contributed by atoms with Crippen molar-refractivity contribution < 1.29 is 19.2 Å². The minimum Gasteiger partial charge on any atom is -0.475 e. The molecule has 1 fully saturated rings. The zero-order valence-electron chi connectivity index (χ0n) is 11.2. The number of carbonyl (C=O) groups is 2. The van der Waals surface area contributed by atoms with E-state index in [9.17, 15) is 9.59 Å². The van der Waals surface area contributed by atoms with E-state index < -0.39 is 5.97 Å². The van der Waals surface area contributed by atoms with Crippen LogP contribution in [-0.4, -0.2) is 64.2 Å². The van der Waals surface area contributed by atoms with E-state index in [1.807, 2.05) is 7.05 Å². The number of likely N-dealkylation sites (N-methyl/N-ethyl adjacent to an activating group) is 1. The van der Waals surface area contributed by atoms with Crippen LogP contribution in [0.4, 0.5) is 0 Å². The van der Waals surface area contributed by atoms with E-state index in [0.717, 1.165) is 12.6 Å². The van der Waals surface area contributed by atoms with Crippen LogP contribution in [0.15, 0.2) is 10.6 Å². The molecule has 0 aliphatic carbocycles. The number of carboxylic acid groups (broad SMARTS) is 1. The fraction of sp³-hybridized carbons (Fsp3) is 0.583. The molecule has 104 valence electrons. The molecule has 1 aromatic rings. The normalized spacial score (nSPS) is 19.4. The van der Waals surface area contributed by atoms with E-state index in [0.29, 0.717) is 13.1 Å². The molecule has 0 spiro atoms. The van der Waals surface area contributed by atoms with Crippen molar-refractivity contribution in [2.45, 2.75) is 19.4 Å². The number of amides is 1. The smallest absolute Gasteiger partial charge is 0.374 e. The number of hydrogen-bond donors (Lipinski definition) is 1. The summed E-state index contributed by atoms with van der Waals surface area (Å²) in [4.78, 5) is 26.8. The van der Waals surface area contributed by atoms with E-state index in [2.05, 4.69) is 28.4 Å². The van der Waals surface area contributed by atoms with E-state index >= 15 is 0 Å². The van der Waals surface area contributed by atoms with Gasteiger partial charge in [0.25, 0.3) is 5.91 Å². The first-order valence-electron chi connectivity index (χ1n) is 6.02. The lowest BCUT2D eigenvalue weighted by Crippen LogP contribution is -2.58. The minimum absolute atomic E-state index is 0.0396. The van der Waals surface area contributed by atoms with Gasteiger partial charge in [0, 0.05) is 31.2 Å². The SMILES string of the molecule is CN1CCN(C(=O)c2cc(C(=O)O)on2)CC1(C)C. The second kappa shape index (κ2) is 4.65. The molecule has 0 radical (unpaired) electrons. The fourth-order valence-corrected chi connectivity index (χ4v) is 2.05. The van der Waals surface area contributed by atoms with Crippen molar-refractivity contribution in [2.24, 2.45) is 0 Å². The van der Waals surface area contributed by atoms with E-state index in [1.165, 1.54) is 0 Å². The Morgan fingerprint density at radius 1 is 1.42 bits per heavy atom. The molecule has 0 bridgehead atoms. The van der Waals surface area contributed by atoms with Crippen LogP contribution >= 0.6 is 0 Å². The zero-order chi connectivity index (χ0) is 14.2. The molecule has 0 saturated carbocycles. The summed E-state index contributed by atoms with van der Waals surface area (Å²) in [5.41, 5.74) is -0.0782. The number of aromatic carboxylic acids is 1. The molecule has 1 saturated heterocycles. The van der Waals surface area contributed by atoms with Gasteiger partial charge in [0.2, 0.25) is 5.76 Å². The predicted octanol–water partition coefficient (Wildman–Crippen LogP) is 0.539. The number of aromatic nitrogens is 1. The monoisotopic (exact) mass is 267 g/mol. The largest absolute Gasteiger partial charge is 0.475 e. The van der Waals surface area contributed by atoms with Gasteiger partial charge in [-0.15, -0.1) is 0 Å². The third-order valence-electron chi connectivity index (χ3n) is 3.54. The molecular formula is C12H17N3O4. The summed E-state index contributed by atoms with van der Waals surface area (Å²) in [6, 6.07) is 1.16. The molecule has 1 amide bonds. The highest BCUT2D eigenvalue weighted by molar-refractivity contribution is 5.95. The van der Waals surface area contributed by atoms with Gasteiger partial charge in [-0.2, -0.15) is 0 Å². The molecule has 1 aliphatic rings. The molecule has 1 N–H and O–H groups in total. The number of hydrogen-bond acceptors (Lipinski definition) is 5. The van der Waals surface area contributed by atoms with Crippen molar-refractivity contribution in [2.75, 3.05) is 26.7 Å². The van der Waals surface area contributed by atoms with Gasteiger partial charge in [-0.05, 0) is 20.9 Å². The van der Waals surface area contributed by atoms with Crippen LogP contribution in [0, 0.1) is 0 Å². The Hall–Kier alpha value is -1.89. The van der Waals surface area contributed by atoms with Gasteiger partial charge in [-0.3, -0.25) is 9.69 Å². The van der Waals surface area contributed by atoms with Crippen molar-refractivity contribution in [1.82, 2.24) is 15.0 Å². The summed E-state index contributed by atoms with van der Waals surface area (Å²) in [5.74, 6) is -1.85. The zero-order valence-corrected chi connectivity index (χ0v) is 11.2. The standard InChI is InChI=1S/C12H17N3O4/c1-12(2)7-15(5-4-14(12)3)10(16)8-6-9(11(17)18)19-13-8/h6H,4-5,7H2,1-3H3,(H,17,18). The maximum atomic E-state index is 12.2. The minimum atomic E-state index is -1.23. The van der Waals surface area contributed by atoms with Gasteiger partial charge in [-0.1, -0.05) is 5.16 Å². The number of nitrogens with zero attached hydrogens (tertiary/aromatic N) is 3. The van der Waals surface area contributed by atoms with Crippen LogP contribution in [0.5, 0.6) is 0 Å². The Kier molecular flexibility index (Phi) is 3.32. The number of carbonyl (C=O) groups excluding carboxylic acids is 1. The topological polar surface area (TPSA) is 86.9 Å². The summed E-state index contributed by atoms with van der Waals surface area (Å²) < 4.78 is 4.60. The maximum Gasteiger partial charge on any atom is 0.374 e. The first kappa shape index (κ1) is 13.5. The van der Waals surface area contributed by atoms with E-state index in [1.54, 1.807) is 4.90 Å². The number of rotatable bonds is 2. The molecule has 0 unspecified atom stereocenters. The lowest BCUT2D eigenvalue weighted by atomic mass is 9.99. The van der Waals surface area contributed by atoms with E-state index in [-0.39, 0.29) is 22.9 Å². The lowest BCUT2D eigenvalue weighted by Gasteiger charge is -2.45. The van der Waals surface area contributed by atoms with Gasteiger partial charge < -0.3 is 14.5 Å². The highest BCUT2D eigenvalue weighted by Gasteiger charge is 2.34. The average molecular weight is 267 g/mol. The third-order valence-corrected chi connectivity index (χ3v) is 3.54. The highest BCUT2D eigenvalue weighted by atomic mass is 16.5. The molecule has 0 aromatic carbocycles. The Balaban J connectivity index is 2.13. The summed E-state index contributed by atoms with van der Waals surface area (Å²) in [7, 11) is 2.01. The molecule has 19 heavy (non-hydrogen) atoms. The quantitative estimate of drug-likeness (QED) is 0.841. The van der Waals surface area contributed by atoms with Crippen LogP contribution in [0.2, 0.25) is 0 Å². The second-order valence-corrected chi connectivity index (χ2v) is 5.34. The van der Waals surface area contributed by atoms with E-state index in [4.69, 9.17) is 5.11 Å². The molecule has 2 rings (SSSR count). The summed E-state index contributed by atoms with van der Waals surface area (Å²) in [6.07, 6.45) is 0. The van der Waals surface area contributed by atoms with Crippen molar-refractivity contribution in [3.63, 3.8) is 0 Å². The third kappa shape index (κ3) is 2.60.